The van der Waals surface area contributed by atoms with Gasteiger partial charge >= 0.3 is 16.3 Å². The first-order valence-electron chi connectivity index (χ1n) is 20.4. The fraction of sp³-hybridized carbons (Fsp3) is 0.610. The summed E-state index contributed by atoms with van der Waals surface area (Å²) in [5.74, 6) is -1.95. The quantitative estimate of drug-likeness (QED) is 0.246. The normalized spacial score (nSPS) is 24.9. The Morgan fingerprint density at radius 2 is 1.83 bits per heavy atom. The first kappa shape index (κ1) is 43.6. The Labute approximate surface area is 345 Å². The topological polar surface area (TPSA) is 207 Å². The van der Waals surface area contributed by atoms with Crippen molar-refractivity contribution in [3.05, 3.63) is 42.3 Å². The van der Waals surface area contributed by atoms with Crippen molar-refractivity contribution in [2.45, 2.75) is 135 Å². The van der Waals surface area contributed by atoms with Crippen LogP contribution in [-0.4, -0.2) is 106 Å². The number of imidazole rings is 1. The van der Waals surface area contributed by atoms with Crippen molar-refractivity contribution < 1.29 is 41.5 Å². The van der Waals surface area contributed by atoms with Gasteiger partial charge in [0.2, 0.25) is 17.7 Å². The van der Waals surface area contributed by atoms with Crippen molar-refractivity contribution in [3.63, 3.8) is 0 Å². The summed E-state index contributed by atoms with van der Waals surface area (Å²) >= 11 is 0. The first-order valence-corrected chi connectivity index (χ1v) is 21.8. The number of carbonyl (C=O) groups excluding carboxylic acids is 4. The highest BCUT2D eigenvalue weighted by molar-refractivity contribution is 7.87. The van der Waals surface area contributed by atoms with Crippen LogP contribution in [0.2, 0.25) is 0 Å². The number of aromatic nitrogens is 3. The summed E-state index contributed by atoms with van der Waals surface area (Å²) in [4.78, 5) is 67.1. The van der Waals surface area contributed by atoms with Crippen LogP contribution in [0, 0.1) is 5.92 Å². The smallest absolute Gasteiger partial charge is 0.408 e. The molecule has 0 unspecified atom stereocenters. The maximum absolute atomic E-state index is 14.7. The molecule has 3 aromatic rings. The second-order valence-electron chi connectivity index (χ2n) is 17.5. The van der Waals surface area contributed by atoms with Crippen molar-refractivity contribution in [2.75, 3.05) is 20.6 Å². The minimum atomic E-state index is -4.19. The van der Waals surface area contributed by atoms with Crippen molar-refractivity contribution in [1.82, 2.24) is 39.1 Å². The largest absolute Gasteiger partial charge is 0.459 e. The third-order valence-corrected chi connectivity index (χ3v) is 12.3. The molecule has 4 heterocycles. The van der Waals surface area contributed by atoms with Crippen molar-refractivity contribution in [3.8, 4) is 17.5 Å². The average molecular weight is 839 g/mol. The number of hydrogen-bond acceptors (Lipinski definition) is 11. The maximum Gasteiger partial charge on any atom is 0.408 e. The molecule has 6 rings (SSSR count). The number of carbonyl (C=O) groups is 4. The summed E-state index contributed by atoms with van der Waals surface area (Å²) in [5, 5.41) is 5.62. The summed E-state index contributed by atoms with van der Waals surface area (Å²) in [7, 11) is -1.60. The van der Waals surface area contributed by atoms with E-state index in [4.69, 9.17) is 23.9 Å². The maximum atomic E-state index is 14.7. The molecule has 4 amide bonds. The molecule has 3 aliphatic rings. The zero-order valence-electron chi connectivity index (χ0n) is 35.4. The van der Waals surface area contributed by atoms with E-state index in [1.54, 1.807) is 27.0 Å². The van der Waals surface area contributed by atoms with Crippen LogP contribution in [0.3, 0.4) is 0 Å². The highest BCUT2D eigenvalue weighted by atomic mass is 32.2. The molecule has 0 bridgehead atoms. The van der Waals surface area contributed by atoms with E-state index in [-0.39, 0.29) is 37.4 Å². The number of amides is 4. The number of ether oxygens (including phenoxy) is 2. The summed E-state index contributed by atoms with van der Waals surface area (Å²) in [5.41, 5.74) is 0.460. The van der Waals surface area contributed by atoms with E-state index < -0.39 is 69.3 Å². The Morgan fingerprint density at radius 1 is 1.08 bits per heavy atom. The highest BCUT2D eigenvalue weighted by Crippen LogP contribution is 2.46. The number of nitrogens with one attached hydrogen (secondary N) is 3. The average Bonchev–Trinajstić information content (AvgIpc) is 3.50. The van der Waals surface area contributed by atoms with Crippen LogP contribution in [0.5, 0.6) is 6.01 Å². The van der Waals surface area contributed by atoms with E-state index >= 15 is 0 Å². The van der Waals surface area contributed by atoms with Gasteiger partial charge in [0, 0.05) is 32.5 Å². The predicted octanol–water partition coefficient (Wildman–Crippen LogP) is 4.96. The molecule has 2 aromatic heterocycles. The molecule has 17 nitrogen and oxygen atoms in total. The highest BCUT2D eigenvalue weighted by Gasteiger charge is 2.62. The molecule has 322 valence electrons. The number of oxazole rings is 1. The lowest BCUT2D eigenvalue weighted by Crippen LogP contribution is -2.58. The molecule has 1 saturated carbocycles. The van der Waals surface area contributed by atoms with Crippen LogP contribution in [0.25, 0.3) is 22.5 Å². The summed E-state index contributed by atoms with van der Waals surface area (Å²) in [6.07, 6.45) is 7.14. The Morgan fingerprint density at radius 3 is 2.49 bits per heavy atom. The molecule has 0 radical (unpaired) electrons. The number of nitrogens with zero attached hydrogens (tertiary/aromatic N) is 5. The van der Waals surface area contributed by atoms with E-state index in [1.807, 2.05) is 62.6 Å². The molecular formula is C41H58N8O9S. The number of rotatable bonds is 9. The van der Waals surface area contributed by atoms with Gasteiger partial charge in [0.05, 0.1) is 23.3 Å². The van der Waals surface area contributed by atoms with E-state index in [0.29, 0.717) is 36.2 Å². The number of benzene rings is 1. The van der Waals surface area contributed by atoms with Gasteiger partial charge in [-0.1, -0.05) is 44.9 Å². The predicted molar refractivity (Wildman–Crippen MR) is 219 cm³/mol. The molecule has 1 aromatic carbocycles. The molecule has 59 heavy (non-hydrogen) atoms. The number of alkyl carbamates (subject to hydrolysis) is 1. The molecule has 0 spiro atoms. The molecule has 1 aliphatic carbocycles. The van der Waals surface area contributed by atoms with Gasteiger partial charge in [0.25, 0.3) is 11.9 Å². The monoisotopic (exact) mass is 838 g/mol. The molecule has 2 aliphatic heterocycles. The third kappa shape index (κ3) is 9.59. The minimum Gasteiger partial charge on any atom is -0.459 e. The molecule has 2 fully saturated rings. The second-order valence-corrected chi connectivity index (χ2v) is 19.4. The molecule has 3 N–H and O–H groups in total. The summed E-state index contributed by atoms with van der Waals surface area (Å²) < 4.78 is 48.5. The van der Waals surface area contributed by atoms with Crippen LogP contribution in [0.4, 0.5) is 4.79 Å². The van der Waals surface area contributed by atoms with E-state index in [2.05, 4.69) is 15.4 Å². The van der Waals surface area contributed by atoms with Crippen LogP contribution >= 0.6 is 0 Å². The Balaban J connectivity index is 1.36. The standard InChI is InChI=1S/C41H58N8O9S/c1-24(2)30-23-56-35(42-30)28-17-15-19-31-33(28)44-38(49(31)25(3)4)57-27-20-32-34(50)45-41(37(52)46-59(54,55)47(8)9)21-26(41)16-13-11-10-12-14-18-29(36(51)48(32)22-27)43-39(53)58-40(5,6)7/h13,15-17,19,23-27,29,32H,10-12,14,18,20-22H2,1-9H3,(H,43,53)(H,45,50)(H,46,52)/b16-13-/t26-,27-,29+,32+,41-/m1/s1. The van der Waals surface area contributed by atoms with Gasteiger partial charge in [-0.05, 0) is 78.4 Å². The van der Waals surface area contributed by atoms with E-state index in [1.165, 1.54) is 19.0 Å². The lowest BCUT2D eigenvalue weighted by molar-refractivity contribution is -0.141. The van der Waals surface area contributed by atoms with Crippen molar-refractivity contribution in [2.24, 2.45) is 5.92 Å². The van der Waals surface area contributed by atoms with Gasteiger partial charge in [-0.3, -0.25) is 19.0 Å². The fourth-order valence-corrected chi connectivity index (χ4v) is 8.19. The summed E-state index contributed by atoms with van der Waals surface area (Å²) in [6.45, 7) is 13.2. The second kappa shape index (κ2) is 17.0. The van der Waals surface area contributed by atoms with Crippen LogP contribution in [0.15, 0.2) is 41.0 Å². The van der Waals surface area contributed by atoms with Gasteiger partial charge in [0.15, 0.2) is 0 Å². The third-order valence-electron chi connectivity index (χ3n) is 10.9. The summed E-state index contributed by atoms with van der Waals surface area (Å²) in [6, 6.07) is 3.66. The Kier molecular flexibility index (Phi) is 12.5. The van der Waals surface area contributed by atoms with Gasteiger partial charge < -0.3 is 29.4 Å². The van der Waals surface area contributed by atoms with Crippen LogP contribution < -0.4 is 20.1 Å². The number of hydrogen-bond donors (Lipinski definition) is 3. The SMILES string of the molecule is CC(C)c1coc(-c2cccc3c2nc(O[C@@H]2C[C@H]4C(=O)N[C@]5(C(=O)NS(=O)(=O)N(C)C)C[C@H]5/C=C\CCCCC[C@H](NC(=O)OC(C)(C)C)C(=O)N4C2)n3C(C)C)n1. The molecular weight excluding hydrogens is 781 g/mol. The minimum absolute atomic E-state index is 0.0105. The van der Waals surface area contributed by atoms with Gasteiger partial charge in [-0.25, -0.2) is 14.5 Å². The Hall–Kier alpha value is -4.97. The van der Waals surface area contributed by atoms with Gasteiger partial charge in [-0.2, -0.15) is 17.7 Å². The number of fused-ring (bicyclic) bond motifs is 3. The van der Waals surface area contributed by atoms with E-state index in [9.17, 15) is 27.6 Å². The van der Waals surface area contributed by atoms with Gasteiger partial charge in [0.1, 0.15) is 41.1 Å². The number of allylic oxidation sites excluding steroid dienone is 1. The van der Waals surface area contributed by atoms with Crippen LogP contribution in [-0.2, 0) is 29.3 Å². The Bertz CT molecular complexity index is 2210. The molecule has 5 atom stereocenters. The van der Waals surface area contributed by atoms with E-state index in [0.717, 1.165) is 28.4 Å². The lowest BCUT2D eigenvalue weighted by Gasteiger charge is -2.30. The molecule has 18 heteroatoms. The zero-order valence-corrected chi connectivity index (χ0v) is 36.2. The van der Waals surface area contributed by atoms with Crippen molar-refractivity contribution >= 4 is 45.1 Å². The zero-order chi connectivity index (χ0) is 43.0. The van der Waals surface area contributed by atoms with Crippen LogP contribution in [0.1, 0.15) is 111 Å². The first-order chi connectivity index (χ1) is 27.7. The van der Waals surface area contributed by atoms with Gasteiger partial charge in [-0.15, -0.1) is 0 Å². The van der Waals surface area contributed by atoms with Crippen molar-refractivity contribution in [1.29, 1.82) is 0 Å². The lowest BCUT2D eigenvalue weighted by atomic mass is 10.0. The molecule has 1 saturated heterocycles. The fourth-order valence-electron chi connectivity index (χ4n) is 7.59. The number of para-hydroxylation sites is 1.